The van der Waals surface area contributed by atoms with Crippen molar-refractivity contribution >= 4 is 5.97 Å². The van der Waals surface area contributed by atoms with Gasteiger partial charge < -0.3 is 19.3 Å². The number of carbonyl (C=O) groups is 1. The number of hydrogen-bond donors (Lipinski definition) is 1. The van der Waals surface area contributed by atoms with E-state index in [0.717, 1.165) is 19.3 Å². The molecule has 0 saturated heterocycles. The number of esters is 1. The maximum Gasteiger partial charge on any atom is 0.311 e. The van der Waals surface area contributed by atoms with Crippen molar-refractivity contribution in [3.8, 4) is 0 Å². The van der Waals surface area contributed by atoms with Crippen LogP contribution in [0.15, 0.2) is 0 Å². The van der Waals surface area contributed by atoms with E-state index in [4.69, 9.17) is 14.2 Å². The number of methoxy groups -OCH3 is 1. The predicted molar refractivity (Wildman–Crippen MR) is 121 cm³/mol. The Hall–Kier alpha value is -0.650. The summed E-state index contributed by atoms with van der Waals surface area (Å²) in [7, 11) is 1.54. The van der Waals surface area contributed by atoms with Gasteiger partial charge in [-0.3, -0.25) is 4.79 Å². The van der Waals surface area contributed by atoms with Crippen LogP contribution in [0, 0.1) is 51.8 Å². The first-order valence-corrected chi connectivity index (χ1v) is 12.2. The van der Waals surface area contributed by atoms with Crippen LogP contribution in [0.2, 0.25) is 0 Å². The molecule has 2 bridgehead atoms. The number of rotatable bonds is 8. The molecule has 1 N–H and O–H groups in total. The maximum atomic E-state index is 12.3. The fraction of sp³-hybridized carbons (Fsp3) is 0.962. The van der Waals surface area contributed by atoms with Crippen molar-refractivity contribution in [2.45, 2.75) is 86.9 Å². The van der Waals surface area contributed by atoms with Gasteiger partial charge in [0, 0.05) is 12.5 Å². The van der Waals surface area contributed by atoms with E-state index in [1.54, 1.807) is 7.11 Å². The molecule has 0 aromatic rings. The van der Waals surface area contributed by atoms with Gasteiger partial charge >= 0.3 is 5.97 Å². The maximum absolute atomic E-state index is 12.3. The van der Waals surface area contributed by atoms with Crippen LogP contribution in [0.4, 0.5) is 0 Å². The second-order valence-corrected chi connectivity index (χ2v) is 13.0. The smallest absolute Gasteiger partial charge is 0.311 e. The molecular formula is C26H46O5. The van der Waals surface area contributed by atoms with Gasteiger partial charge in [-0.2, -0.15) is 0 Å². The first-order valence-electron chi connectivity index (χ1n) is 12.2. The molecule has 0 spiro atoms. The van der Waals surface area contributed by atoms with Crippen molar-refractivity contribution < 1.29 is 24.1 Å². The number of hydrogen-bond acceptors (Lipinski definition) is 5. The molecule has 3 aliphatic rings. The third-order valence-corrected chi connectivity index (χ3v) is 8.95. The first-order chi connectivity index (χ1) is 14.3. The quantitative estimate of drug-likeness (QED) is 0.414. The van der Waals surface area contributed by atoms with Crippen molar-refractivity contribution in [3.05, 3.63) is 0 Å². The fourth-order valence-electron chi connectivity index (χ4n) is 7.17. The zero-order valence-corrected chi connectivity index (χ0v) is 21.1. The Labute approximate surface area is 189 Å². The van der Waals surface area contributed by atoms with Gasteiger partial charge in [0.05, 0.1) is 12.5 Å². The molecule has 3 rings (SSSR count). The summed E-state index contributed by atoms with van der Waals surface area (Å²) in [6.07, 6.45) is 4.47. The average Bonchev–Trinajstić information content (AvgIpc) is 3.31. The standard InChI is InChI=1S/C26H46O5/c1-24(2,3)14-26(7,25(4,5)6)23(28)30-13-21-17-9-10-18(21)20-12-16(11-19(17)20)22(27)31-15-29-8/h16-21,23,28H,9-15H2,1-8H3. The third-order valence-electron chi connectivity index (χ3n) is 8.95. The van der Waals surface area contributed by atoms with Gasteiger partial charge in [-0.25, -0.2) is 0 Å². The van der Waals surface area contributed by atoms with Crippen LogP contribution in [0.5, 0.6) is 0 Å². The fourth-order valence-corrected chi connectivity index (χ4v) is 7.17. The Morgan fingerprint density at radius 1 is 0.968 bits per heavy atom. The van der Waals surface area contributed by atoms with Gasteiger partial charge in [0.25, 0.3) is 0 Å². The highest BCUT2D eigenvalue weighted by molar-refractivity contribution is 5.72. The molecule has 0 aliphatic heterocycles. The first kappa shape index (κ1) is 25.0. The molecule has 180 valence electrons. The van der Waals surface area contributed by atoms with Crippen LogP contribution < -0.4 is 0 Å². The highest BCUT2D eigenvalue weighted by atomic mass is 16.7. The molecule has 3 fully saturated rings. The van der Waals surface area contributed by atoms with Gasteiger partial charge in [-0.05, 0) is 72.5 Å². The van der Waals surface area contributed by atoms with Gasteiger partial charge in [0.1, 0.15) is 0 Å². The lowest BCUT2D eigenvalue weighted by molar-refractivity contribution is -0.219. The van der Waals surface area contributed by atoms with E-state index in [0.29, 0.717) is 36.2 Å². The largest absolute Gasteiger partial charge is 0.438 e. The van der Waals surface area contributed by atoms with Crippen LogP contribution in [0.25, 0.3) is 0 Å². The van der Waals surface area contributed by atoms with E-state index in [1.165, 1.54) is 12.8 Å². The SMILES string of the molecule is COCOC(=O)C1CC2C3CCC(C3COC(O)C(C)(CC(C)(C)C)C(C)(C)C)C2C1. The summed E-state index contributed by atoms with van der Waals surface area (Å²) >= 11 is 0. The van der Waals surface area contributed by atoms with Crippen molar-refractivity contribution in [1.29, 1.82) is 0 Å². The number of carbonyl (C=O) groups excluding carboxylic acids is 1. The Morgan fingerprint density at radius 3 is 1.97 bits per heavy atom. The Kier molecular flexibility index (Phi) is 7.21. The number of aliphatic hydroxyl groups excluding tert-OH is 1. The highest BCUT2D eigenvalue weighted by Crippen LogP contribution is 2.63. The van der Waals surface area contributed by atoms with E-state index < -0.39 is 6.29 Å². The minimum absolute atomic E-state index is 0.0247. The molecule has 3 aliphatic carbocycles. The van der Waals surface area contributed by atoms with Crippen LogP contribution in [0.3, 0.4) is 0 Å². The Bertz CT molecular complexity index is 613. The normalized spacial score (nSPS) is 35.6. The van der Waals surface area contributed by atoms with Gasteiger partial charge in [-0.15, -0.1) is 0 Å². The second kappa shape index (κ2) is 8.95. The lowest BCUT2D eigenvalue weighted by Gasteiger charge is -2.48. The second-order valence-electron chi connectivity index (χ2n) is 13.0. The number of aliphatic hydroxyl groups is 1. The van der Waals surface area contributed by atoms with E-state index >= 15 is 0 Å². The molecule has 6 atom stereocenters. The molecule has 0 aromatic carbocycles. The Morgan fingerprint density at radius 2 is 1.52 bits per heavy atom. The van der Waals surface area contributed by atoms with Crippen LogP contribution in [0.1, 0.15) is 80.6 Å². The zero-order valence-electron chi connectivity index (χ0n) is 21.1. The zero-order chi connectivity index (χ0) is 23.2. The molecule has 5 nitrogen and oxygen atoms in total. The average molecular weight is 439 g/mol. The molecular weight excluding hydrogens is 392 g/mol. The molecule has 5 heteroatoms. The van der Waals surface area contributed by atoms with E-state index in [2.05, 4.69) is 48.5 Å². The number of fused-ring (bicyclic) bond motifs is 5. The van der Waals surface area contributed by atoms with E-state index in [9.17, 15) is 9.90 Å². The monoisotopic (exact) mass is 438 g/mol. The van der Waals surface area contributed by atoms with E-state index in [-0.39, 0.29) is 34.9 Å². The topological polar surface area (TPSA) is 65.0 Å². The minimum Gasteiger partial charge on any atom is -0.438 e. The summed E-state index contributed by atoms with van der Waals surface area (Å²) < 4.78 is 16.4. The van der Waals surface area contributed by atoms with Gasteiger partial charge in [-0.1, -0.05) is 48.5 Å². The summed E-state index contributed by atoms with van der Waals surface area (Å²) in [4.78, 5) is 12.3. The molecule has 0 radical (unpaired) electrons. The summed E-state index contributed by atoms with van der Waals surface area (Å²) in [5, 5.41) is 11.2. The molecule has 31 heavy (non-hydrogen) atoms. The van der Waals surface area contributed by atoms with Gasteiger partial charge in [0.15, 0.2) is 13.1 Å². The summed E-state index contributed by atoms with van der Waals surface area (Å²) in [5.41, 5.74) is -0.280. The van der Waals surface area contributed by atoms with Crippen molar-refractivity contribution in [1.82, 2.24) is 0 Å². The molecule has 3 saturated carbocycles. The van der Waals surface area contributed by atoms with Crippen LogP contribution in [-0.2, 0) is 19.0 Å². The molecule has 0 amide bonds. The molecule has 6 unspecified atom stereocenters. The molecule has 0 heterocycles. The van der Waals surface area contributed by atoms with Crippen LogP contribution in [-0.4, -0.2) is 37.9 Å². The number of ether oxygens (including phenoxy) is 3. The van der Waals surface area contributed by atoms with Crippen LogP contribution >= 0.6 is 0 Å². The summed E-state index contributed by atoms with van der Waals surface area (Å²) in [5.74, 6) is 2.89. The minimum atomic E-state index is -0.775. The van der Waals surface area contributed by atoms with E-state index in [1.807, 2.05) is 0 Å². The highest BCUT2D eigenvalue weighted by Gasteiger charge is 2.59. The third kappa shape index (κ3) is 4.99. The lowest BCUT2D eigenvalue weighted by Crippen LogP contribution is -2.47. The Balaban J connectivity index is 1.61. The van der Waals surface area contributed by atoms with Crippen molar-refractivity contribution in [3.63, 3.8) is 0 Å². The van der Waals surface area contributed by atoms with Crippen molar-refractivity contribution in [2.24, 2.45) is 51.8 Å². The van der Waals surface area contributed by atoms with Crippen molar-refractivity contribution in [2.75, 3.05) is 20.5 Å². The lowest BCUT2D eigenvalue weighted by atomic mass is 9.61. The van der Waals surface area contributed by atoms with Gasteiger partial charge in [0.2, 0.25) is 0 Å². The molecule has 0 aromatic heterocycles. The summed E-state index contributed by atoms with van der Waals surface area (Å²) in [6.45, 7) is 16.2. The predicted octanol–water partition coefficient (Wildman–Crippen LogP) is 5.26. The summed E-state index contributed by atoms with van der Waals surface area (Å²) in [6, 6.07) is 0.